The van der Waals surface area contributed by atoms with Gasteiger partial charge in [-0.15, -0.1) is 0 Å². The van der Waals surface area contributed by atoms with Crippen molar-refractivity contribution in [1.29, 1.82) is 0 Å². The third kappa shape index (κ3) is 4.47. The molecule has 0 N–H and O–H groups in total. The first kappa shape index (κ1) is 9.98. The zero-order valence-electron chi connectivity index (χ0n) is 7.28. The van der Waals surface area contributed by atoms with Gasteiger partial charge in [-0.2, -0.15) is 4.89 Å². The molecular weight excluding hydrogens is 176 g/mol. The van der Waals surface area contributed by atoms with Crippen LogP contribution in [-0.2, 0) is 24.1 Å². The molecule has 1 heterocycles. The molecule has 1 fully saturated rings. The minimum atomic E-state index is -0.394. The SMILES string of the molecule is O=C1CCCCC(=O)OOCCO1. The molecule has 1 rings (SSSR count). The van der Waals surface area contributed by atoms with Crippen molar-refractivity contribution in [3.63, 3.8) is 0 Å². The summed E-state index contributed by atoms with van der Waals surface area (Å²) in [4.78, 5) is 30.6. The van der Waals surface area contributed by atoms with Crippen molar-refractivity contribution in [1.82, 2.24) is 0 Å². The Kier molecular flexibility index (Phi) is 4.25. The number of rotatable bonds is 0. The van der Waals surface area contributed by atoms with E-state index in [1.807, 2.05) is 0 Å². The van der Waals surface area contributed by atoms with Crippen LogP contribution in [0.1, 0.15) is 25.7 Å². The Hall–Kier alpha value is -1.10. The van der Waals surface area contributed by atoms with Crippen LogP contribution in [0.15, 0.2) is 0 Å². The highest BCUT2D eigenvalue weighted by atomic mass is 17.2. The largest absolute Gasteiger partial charge is 0.463 e. The van der Waals surface area contributed by atoms with Crippen LogP contribution in [0.25, 0.3) is 0 Å². The fraction of sp³-hybridized carbons (Fsp3) is 0.750. The van der Waals surface area contributed by atoms with Crippen LogP contribution < -0.4 is 0 Å². The summed E-state index contributed by atoms with van der Waals surface area (Å²) in [6.07, 6.45) is 1.91. The van der Waals surface area contributed by atoms with Gasteiger partial charge in [0.15, 0.2) is 0 Å². The normalized spacial score (nSPS) is 21.2. The van der Waals surface area contributed by atoms with Crippen LogP contribution in [0.2, 0.25) is 0 Å². The Morgan fingerprint density at radius 3 is 2.38 bits per heavy atom. The zero-order valence-corrected chi connectivity index (χ0v) is 7.28. The Morgan fingerprint density at radius 2 is 1.62 bits per heavy atom. The molecule has 13 heavy (non-hydrogen) atoms. The van der Waals surface area contributed by atoms with Crippen molar-refractivity contribution in [2.75, 3.05) is 13.2 Å². The number of ether oxygens (including phenoxy) is 1. The van der Waals surface area contributed by atoms with E-state index in [1.165, 1.54) is 0 Å². The Balaban J connectivity index is 2.30. The van der Waals surface area contributed by atoms with Gasteiger partial charge in [0.2, 0.25) is 0 Å². The fourth-order valence-electron chi connectivity index (χ4n) is 0.949. The highest BCUT2D eigenvalue weighted by Gasteiger charge is 2.09. The van der Waals surface area contributed by atoms with E-state index in [1.54, 1.807) is 0 Å². The standard InChI is InChI=1S/C8H12O5/c9-7-3-1-2-4-8(10)13-12-6-5-11-7/h1-6H2. The van der Waals surface area contributed by atoms with Crippen LogP contribution in [0.4, 0.5) is 0 Å². The van der Waals surface area contributed by atoms with Gasteiger partial charge in [-0.05, 0) is 12.8 Å². The van der Waals surface area contributed by atoms with Gasteiger partial charge in [-0.3, -0.25) is 9.68 Å². The van der Waals surface area contributed by atoms with E-state index in [9.17, 15) is 9.59 Å². The lowest BCUT2D eigenvalue weighted by Crippen LogP contribution is -2.11. The maximum atomic E-state index is 10.9. The first-order chi connectivity index (χ1) is 6.29. The second-order valence-corrected chi connectivity index (χ2v) is 2.70. The lowest BCUT2D eigenvalue weighted by molar-refractivity contribution is -0.275. The third-order valence-electron chi connectivity index (χ3n) is 1.59. The van der Waals surface area contributed by atoms with Crippen molar-refractivity contribution in [3.8, 4) is 0 Å². The molecule has 0 unspecified atom stereocenters. The van der Waals surface area contributed by atoms with Crippen LogP contribution >= 0.6 is 0 Å². The number of carbonyl (C=O) groups is 2. The summed E-state index contributed by atoms with van der Waals surface area (Å²) < 4.78 is 4.75. The average molecular weight is 188 g/mol. The molecule has 0 aromatic rings. The van der Waals surface area contributed by atoms with Crippen LogP contribution in [0.3, 0.4) is 0 Å². The molecule has 0 atom stereocenters. The second kappa shape index (κ2) is 5.53. The fourth-order valence-corrected chi connectivity index (χ4v) is 0.949. The summed E-state index contributed by atoms with van der Waals surface area (Å²) in [5, 5.41) is 0. The highest BCUT2D eigenvalue weighted by molar-refractivity contribution is 5.70. The summed E-state index contributed by atoms with van der Waals surface area (Å²) >= 11 is 0. The summed E-state index contributed by atoms with van der Waals surface area (Å²) in [6.45, 7) is 0.226. The van der Waals surface area contributed by atoms with Gasteiger partial charge in [-0.1, -0.05) is 0 Å². The maximum Gasteiger partial charge on any atom is 0.342 e. The zero-order chi connectivity index (χ0) is 9.52. The highest BCUT2D eigenvalue weighted by Crippen LogP contribution is 2.04. The number of hydrogen-bond donors (Lipinski definition) is 0. The van der Waals surface area contributed by atoms with Gasteiger partial charge >= 0.3 is 11.9 Å². The quantitative estimate of drug-likeness (QED) is 0.411. The van der Waals surface area contributed by atoms with Gasteiger partial charge in [0.1, 0.15) is 13.2 Å². The van der Waals surface area contributed by atoms with Crippen molar-refractivity contribution in [3.05, 3.63) is 0 Å². The molecule has 0 saturated carbocycles. The van der Waals surface area contributed by atoms with E-state index >= 15 is 0 Å². The Bertz CT molecular complexity index is 169. The van der Waals surface area contributed by atoms with Crippen molar-refractivity contribution >= 4 is 11.9 Å². The first-order valence-electron chi connectivity index (χ1n) is 4.27. The summed E-state index contributed by atoms with van der Waals surface area (Å²) in [7, 11) is 0. The third-order valence-corrected chi connectivity index (χ3v) is 1.59. The Labute approximate surface area is 75.9 Å². The second-order valence-electron chi connectivity index (χ2n) is 2.70. The summed E-state index contributed by atoms with van der Waals surface area (Å²) in [6, 6.07) is 0. The van der Waals surface area contributed by atoms with E-state index in [0.29, 0.717) is 19.3 Å². The molecule has 0 aromatic carbocycles. The molecule has 0 aliphatic carbocycles. The number of hydrogen-bond acceptors (Lipinski definition) is 5. The molecule has 1 aliphatic heterocycles. The summed E-state index contributed by atoms with van der Waals surface area (Å²) in [5.74, 6) is -0.646. The molecule has 0 bridgehead atoms. The average Bonchev–Trinajstić information content (AvgIpc) is 2.14. The van der Waals surface area contributed by atoms with Crippen LogP contribution in [0.5, 0.6) is 0 Å². The van der Waals surface area contributed by atoms with Gasteiger partial charge in [-0.25, -0.2) is 4.79 Å². The van der Waals surface area contributed by atoms with Crippen LogP contribution in [-0.4, -0.2) is 25.2 Å². The van der Waals surface area contributed by atoms with Crippen LogP contribution in [0, 0.1) is 0 Å². The van der Waals surface area contributed by atoms with Gasteiger partial charge in [0.05, 0.1) is 0 Å². The molecule has 0 amide bonds. The topological polar surface area (TPSA) is 61.8 Å². The Morgan fingerprint density at radius 1 is 0.923 bits per heavy atom. The molecule has 0 spiro atoms. The van der Waals surface area contributed by atoms with Gasteiger partial charge < -0.3 is 4.74 Å². The molecule has 0 aromatic heterocycles. The molecule has 74 valence electrons. The number of esters is 1. The minimum Gasteiger partial charge on any atom is -0.463 e. The van der Waals surface area contributed by atoms with Gasteiger partial charge in [0.25, 0.3) is 0 Å². The number of cyclic esters (lactones) is 1. The summed E-state index contributed by atoms with van der Waals surface area (Å²) in [5.41, 5.74) is 0. The lowest BCUT2D eigenvalue weighted by Gasteiger charge is -2.02. The van der Waals surface area contributed by atoms with E-state index < -0.39 is 5.97 Å². The molecular formula is C8H12O5. The van der Waals surface area contributed by atoms with Crippen molar-refractivity contribution in [2.24, 2.45) is 0 Å². The molecule has 0 radical (unpaired) electrons. The molecule has 1 saturated heterocycles. The molecule has 5 heteroatoms. The number of carbonyl (C=O) groups excluding carboxylic acids is 2. The van der Waals surface area contributed by atoms with E-state index in [2.05, 4.69) is 9.78 Å². The lowest BCUT2D eigenvalue weighted by atomic mass is 10.2. The van der Waals surface area contributed by atoms with E-state index in [-0.39, 0.29) is 25.6 Å². The first-order valence-corrected chi connectivity index (χ1v) is 4.27. The predicted octanol–water partition coefficient (Wildman–Crippen LogP) is 0.578. The van der Waals surface area contributed by atoms with E-state index in [0.717, 1.165) is 0 Å². The van der Waals surface area contributed by atoms with Gasteiger partial charge in [0, 0.05) is 12.8 Å². The molecule has 1 aliphatic rings. The monoisotopic (exact) mass is 188 g/mol. The predicted molar refractivity (Wildman–Crippen MR) is 41.5 cm³/mol. The smallest absolute Gasteiger partial charge is 0.342 e. The van der Waals surface area contributed by atoms with Crippen molar-refractivity contribution < 1.29 is 24.1 Å². The van der Waals surface area contributed by atoms with E-state index in [4.69, 9.17) is 4.74 Å². The maximum absolute atomic E-state index is 10.9. The van der Waals surface area contributed by atoms with Crippen molar-refractivity contribution in [2.45, 2.75) is 25.7 Å². The minimum absolute atomic E-state index is 0.0947. The molecule has 5 nitrogen and oxygen atoms in total.